The molecule has 4 amide bonds. The van der Waals surface area contributed by atoms with Gasteiger partial charge in [0.25, 0.3) is 11.8 Å². The van der Waals surface area contributed by atoms with Crippen molar-refractivity contribution < 1.29 is 23.9 Å². The van der Waals surface area contributed by atoms with Gasteiger partial charge in [-0.2, -0.15) is 0 Å². The number of nitrogens with zero attached hydrogens (tertiary/aromatic N) is 1. The van der Waals surface area contributed by atoms with E-state index in [2.05, 4.69) is 21.2 Å². The molecular weight excluding hydrogens is 548 g/mol. The highest BCUT2D eigenvalue weighted by Gasteiger charge is 2.36. The summed E-state index contributed by atoms with van der Waals surface area (Å²) in [5.41, 5.74) is 1.70. The number of halogens is 2. The van der Waals surface area contributed by atoms with Crippen molar-refractivity contribution in [2.45, 2.75) is 20.0 Å². The smallest absolute Gasteiger partial charge is 0.335 e. The maximum absolute atomic E-state index is 13.1. The Kier molecular flexibility index (Phi) is 8.07. The Hall–Kier alpha value is -3.62. The largest absolute Gasteiger partial charge is 0.494 e. The Bertz CT molecular complexity index is 1320. The van der Waals surface area contributed by atoms with Crippen LogP contribution < -0.4 is 19.7 Å². The van der Waals surface area contributed by atoms with E-state index in [1.165, 1.54) is 6.08 Å². The molecule has 4 rings (SSSR count). The van der Waals surface area contributed by atoms with Crippen molar-refractivity contribution in [3.63, 3.8) is 0 Å². The summed E-state index contributed by atoms with van der Waals surface area (Å²) in [5, 5.41) is 2.88. The third-order valence-corrected chi connectivity index (χ3v) is 6.12. The highest BCUT2D eigenvalue weighted by molar-refractivity contribution is 9.10. The summed E-state index contributed by atoms with van der Waals surface area (Å²) in [4.78, 5) is 39.0. The number of anilines is 1. The molecule has 0 unspecified atom stereocenters. The van der Waals surface area contributed by atoms with E-state index in [9.17, 15) is 14.4 Å². The van der Waals surface area contributed by atoms with Crippen LogP contribution in [0.5, 0.6) is 11.5 Å². The number of hydrogen-bond acceptors (Lipinski definition) is 5. The SMILES string of the molecule is CCCOc1ccc(N2C(=O)NC(=O)/C(=C/c3ccc(OCc4ccc(Cl)cc4)c(Br)c3)C2=O)cc1. The first-order chi connectivity index (χ1) is 17.4. The van der Waals surface area contributed by atoms with Gasteiger partial charge in [0.1, 0.15) is 23.7 Å². The Morgan fingerprint density at radius 3 is 2.36 bits per heavy atom. The lowest BCUT2D eigenvalue weighted by atomic mass is 10.1. The van der Waals surface area contributed by atoms with Gasteiger partial charge in [0, 0.05) is 5.02 Å². The second-order valence-corrected chi connectivity index (χ2v) is 9.20. The molecule has 0 bridgehead atoms. The van der Waals surface area contributed by atoms with Gasteiger partial charge in [0.15, 0.2) is 0 Å². The molecule has 1 saturated heterocycles. The lowest BCUT2D eigenvalue weighted by Gasteiger charge is -2.26. The summed E-state index contributed by atoms with van der Waals surface area (Å²) >= 11 is 9.39. The van der Waals surface area contributed by atoms with Gasteiger partial charge in [0.2, 0.25) is 0 Å². The van der Waals surface area contributed by atoms with Crippen LogP contribution in [0.4, 0.5) is 10.5 Å². The van der Waals surface area contributed by atoms with Gasteiger partial charge >= 0.3 is 6.03 Å². The Morgan fingerprint density at radius 2 is 1.69 bits per heavy atom. The molecule has 1 heterocycles. The van der Waals surface area contributed by atoms with Crippen LogP contribution in [-0.4, -0.2) is 24.5 Å². The number of amides is 4. The zero-order valence-corrected chi connectivity index (χ0v) is 21.6. The maximum Gasteiger partial charge on any atom is 0.335 e. The molecule has 36 heavy (non-hydrogen) atoms. The van der Waals surface area contributed by atoms with Crippen molar-refractivity contribution in [1.82, 2.24) is 5.32 Å². The van der Waals surface area contributed by atoms with E-state index in [0.29, 0.717) is 45.5 Å². The molecule has 184 valence electrons. The molecular formula is C27H22BrClN2O5. The van der Waals surface area contributed by atoms with E-state index in [-0.39, 0.29) is 5.57 Å². The monoisotopic (exact) mass is 568 g/mol. The average Bonchev–Trinajstić information content (AvgIpc) is 2.86. The highest BCUT2D eigenvalue weighted by Crippen LogP contribution is 2.29. The molecule has 0 spiro atoms. The Balaban J connectivity index is 1.52. The lowest BCUT2D eigenvalue weighted by Crippen LogP contribution is -2.54. The van der Waals surface area contributed by atoms with Gasteiger partial charge < -0.3 is 9.47 Å². The normalized spacial score (nSPS) is 14.7. The quantitative estimate of drug-likeness (QED) is 0.260. The Labute approximate surface area is 221 Å². The van der Waals surface area contributed by atoms with Crippen LogP contribution in [0.2, 0.25) is 5.02 Å². The number of carbonyl (C=O) groups is 3. The summed E-state index contributed by atoms with van der Waals surface area (Å²) in [6.07, 6.45) is 2.29. The minimum atomic E-state index is -0.809. The summed E-state index contributed by atoms with van der Waals surface area (Å²) in [6.45, 7) is 2.90. The number of urea groups is 1. The molecule has 9 heteroatoms. The topological polar surface area (TPSA) is 84.9 Å². The zero-order chi connectivity index (χ0) is 25.7. The van der Waals surface area contributed by atoms with Crippen molar-refractivity contribution in [3.05, 3.63) is 92.9 Å². The third-order valence-electron chi connectivity index (χ3n) is 5.24. The van der Waals surface area contributed by atoms with Crippen molar-refractivity contribution in [2.75, 3.05) is 11.5 Å². The molecule has 0 aromatic heterocycles. The molecule has 7 nitrogen and oxygen atoms in total. The van der Waals surface area contributed by atoms with Crippen LogP contribution in [0, 0.1) is 0 Å². The van der Waals surface area contributed by atoms with Crippen LogP contribution in [0.1, 0.15) is 24.5 Å². The molecule has 1 aliphatic heterocycles. The molecule has 1 aliphatic rings. The first-order valence-electron chi connectivity index (χ1n) is 11.2. The molecule has 0 aliphatic carbocycles. The molecule has 3 aromatic carbocycles. The number of ether oxygens (including phenoxy) is 2. The highest BCUT2D eigenvalue weighted by atomic mass is 79.9. The molecule has 0 atom stereocenters. The lowest BCUT2D eigenvalue weighted by molar-refractivity contribution is -0.122. The van der Waals surface area contributed by atoms with E-state index >= 15 is 0 Å². The van der Waals surface area contributed by atoms with E-state index in [0.717, 1.165) is 16.9 Å². The predicted molar refractivity (Wildman–Crippen MR) is 141 cm³/mol. The van der Waals surface area contributed by atoms with E-state index in [1.54, 1.807) is 54.6 Å². The van der Waals surface area contributed by atoms with Gasteiger partial charge in [-0.3, -0.25) is 14.9 Å². The van der Waals surface area contributed by atoms with E-state index in [4.69, 9.17) is 21.1 Å². The van der Waals surface area contributed by atoms with Gasteiger partial charge in [-0.15, -0.1) is 0 Å². The second kappa shape index (κ2) is 11.4. The van der Waals surface area contributed by atoms with E-state index < -0.39 is 17.8 Å². The fourth-order valence-corrected chi connectivity index (χ4v) is 4.07. The number of hydrogen-bond donors (Lipinski definition) is 1. The van der Waals surface area contributed by atoms with E-state index in [1.807, 2.05) is 19.1 Å². The van der Waals surface area contributed by atoms with Crippen LogP contribution in [0.3, 0.4) is 0 Å². The molecule has 1 fully saturated rings. The van der Waals surface area contributed by atoms with Gasteiger partial charge in [-0.25, -0.2) is 9.69 Å². The molecule has 1 N–H and O–H groups in total. The van der Waals surface area contributed by atoms with Crippen LogP contribution in [-0.2, 0) is 16.2 Å². The standard InChI is InChI=1S/C27H22BrClN2O5/c1-2-13-35-21-10-8-20(9-11-21)31-26(33)22(25(32)30-27(31)34)14-18-5-12-24(23(28)15-18)36-16-17-3-6-19(29)7-4-17/h3-12,14-15H,2,13,16H2,1H3,(H,30,32,34)/b22-14-. The first-order valence-corrected chi connectivity index (χ1v) is 12.3. The fraction of sp³-hybridized carbons (Fsp3) is 0.148. The minimum absolute atomic E-state index is 0.164. The summed E-state index contributed by atoms with van der Waals surface area (Å²) in [7, 11) is 0. The zero-order valence-electron chi connectivity index (χ0n) is 19.3. The number of imide groups is 2. The third kappa shape index (κ3) is 5.95. The summed E-state index contributed by atoms with van der Waals surface area (Å²) in [6, 6.07) is 18.2. The average molecular weight is 570 g/mol. The van der Waals surface area contributed by atoms with Crippen molar-refractivity contribution in [1.29, 1.82) is 0 Å². The minimum Gasteiger partial charge on any atom is -0.494 e. The van der Waals surface area contributed by atoms with Crippen LogP contribution >= 0.6 is 27.5 Å². The fourth-order valence-electron chi connectivity index (χ4n) is 3.44. The van der Waals surface area contributed by atoms with Crippen molar-refractivity contribution >= 4 is 57.1 Å². The van der Waals surface area contributed by atoms with Gasteiger partial charge in [-0.1, -0.05) is 36.7 Å². The van der Waals surface area contributed by atoms with Gasteiger partial charge in [-0.05, 0) is 88.1 Å². The number of carbonyl (C=O) groups excluding carboxylic acids is 3. The maximum atomic E-state index is 13.1. The number of benzene rings is 3. The summed E-state index contributed by atoms with van der Waals surface area (Å²) < 4.78 is 12.0. The van der Waals surface area contributed by atoms with Crippen LogP contribution in [0.25, 0.3) is 6.08 Å². The number of barbiturate groups is 1. The molecule has 3 aromatic rings. The number of nitrogens with one attached hydrogen (secondary N) is 1. The second-order valence-electron chi connectivity index (χ2n) is 7.91. The summed E-state index contributed by atoms with van der Waals surface area (Å²) in [5.74, 6) is -0.261. The molecule has 0 radical (unpaired) electrons. The van der Waals surface area contributed by atoms with Crippen molar-refractivity contribution in [3.8, 4) is 11.5 Å². The Morgan fingerprint density at radius 1 is 0.972 bits per heavy atom. The van der Waals surface area contributed by atoms with Crippen molar-refractivity contribution in [2.24, 2.45) is 0 Å². The van der Waals surface area contributed by atoms with Crippen LogP contribution in [0.15, 0.2) is 76.8 Å². The predicted octanol–water partition coefficient (Wildman–Crippen LogP) is 6.14. The number of rotatable bonds is 8. The van der Waals surface area contributed by atoms with Gasteiger partial charge in [0.05, 0.1) is 16.8 Å². The first kappa shape index (κ1) is 25.5. The molecule has 0 saturated carbocycles.